The van der Waals surface area contributed by atoms with Crippen LogP contribution in [-0.4, -0.2) is 20.5 Å². The maximum atomic E-state index is 10.5. The largest absolute Gasteiger partial charge is 0.340 e. The molecule has 1 heterocycles. The standard InChI is InChI=1S/C2H5O3PS3/c3-6(4,5)2-1-7-9-8-2/h2H,1H2,(H2,3,4,5). The van der Waals surface area contributed by atoms with E-state index in [9.17, 15) is 4.57 Å². The third-order valence-corrected chi connectivity index (χ3v) is 7.98. The van der Waals surface area contributed by atoms with Crippen LogP contribution in [0.5, 0.6) is 0 Å². The lowest BCUT2D eigenvalue weighted by Gasteiger charge is -2.06. The van der Waals surface area contributed by atoms with E-state index >= 15 is 0 Å². The average molecular weight is 204 g/mol. The van der Waals surface area contributed by atoms with Gasteiger partial charge in [0.1, 0.15) is 4.99 Å². The highest BCUT2D eigenvalue weighted by atomic mass is 33.5. The molecule has 1 rings (SSSR count). The van der Waals surface area contributed by atoms with Crippen molar-refractivity contribution in [1.29, 1.82) is 0 Å². The fraction of sp³-hybridized carbons (Fsp3) is 1.00. The summed E-state index contributed by atoms with van der Waals surface area (Å²) < 4.78 is 10.5. The van der Waals surface area contributed by atoms with Gasteiger partial charge in [-0.25, -0.2) is 0 Å². The lowest BCUT2D eigenvalue weighted by atomic mass is 10.9. The predicted octanol–water partition coefficient (Wildman–Crippen LogP) is 1.53. The Morgan fingerprint density at radius 2 is 2.22 bits per heavy atom. The first-order valence-electron chi connectivity index (χ1n) is 2.11. The Bertz CT molecular complexity index is 138. The summed E-state index contributed by atoms with van der Waals surface area (Å²) >= 11 is 0. The molecule has 1 atom stereocenters. The van der Waals surface area contributed by atoms with Crippen molar-refractivity contribution in [3.63, 3.8) is 0 Å². The van der Waals surface area contributed by atoms with Crippen LogP contribution in [0.25, 0.3) is 0 Å². The van der Waals surface area contributed by atoms with Crippen molar-refractivity contribution in [1.82, 2.24) is 0 Å². The van der Waals surface area contributed by atoms with Gasteiger partial charge in [-0.3, -0.25) is 4.57 Å². The highest BCUT2D eigenvalue weighted by Crippen LogP contribution is 2.60. The lowest BCUT2D eigenvalue weighted by Crippen LogP contribution is -2.00. The summed E-state index contributed by atoms with van der Waals surface area (Å²) in [5.74, 6) is 0.555. The molecule has 1 aliphatic rings. The van der Waals surface area contributed by atoms with Gasteiger partial charge < -0.3 is 9.79 Å². The molecule has 0 aromatic heterocycles. The highest BCUT2D eigenvalue weighted by Gasteiger charge is 2.33. The summed E-state index contributed by atoms with van der Waals surface area (Å²) in [6.07, 6.45) is 0. The maximum Gasteiger partial charge on any atom is 0.340 e. The van der Waals surface area contributed by atoms with Gasteiger partial charge in [0.15, 0.2) is 0 Å². The topological polar surface area (TPSA) is 57.5 Å². The van der Waals surface area contributed by atoms with Crippen LogP contribution in [0.2, 0.25) is 0 Å². The predicted molar refractivity (Wildman–Crippen MR) is 43.5 cm³/mol. The summed E-state index contributed by atoms with van der Waals surface area (Å²) in [6.45, 7) is 0. The molecule has 0 bridgehead atoms. The SMILES string of the molecule is O=P(O)(O)C1CSSS1. The van der Waals surface area contributed by atoms with E-state index in [2.05, 4.69) is 0 Å². The van der Waals surface area contributed by atoms with Crippen molar-refractivity contribution in [3.05, 3.63) is 0 Å². The summed E-state index contributed by atoms with van der Waals surface area (Å²) in [5.41, 5.74) is 0. The molecule has 0 aromatic rings. The molecular formula is C2H5O3PS3. The third-order valence-electron chi connectivity index (χ3n) is 0.784. The zero-order valence-corrected chi connectivity index (χ0v) is 7.60. The lowest BCUT2D eigenvalue weighted by molar-refractivity contribution is 0.372. The van der Waals surface area contributed by atoms with Crippen LogP contribution in [0, 0.1) is 0 Å². The second-order valence-corrected chi connectivity index (χ2v) is 8.03. The van der Waals surface area contributed by atoms with Gasteiger partial charge in [0.25, 0.3) is 0 Å². The Morgan fingerprint density at radius 3 is 2.44 bits per heavy atom. The van der Waals surface area contributed by atoms with Crippen molar-refractivity contribution in [3.8, 4) is 0 Å². The molecule has 1 unspecified atom stereocenters. The first-order valence-corrected chi connectivity index (χ1v) is 7.50. The Hall–Kier alpha value is 1.20. The second kappa shape index (κ2) is 3.07. The summed E-state index contributed by atoms with van der Waals surface area (Å²) in [4.78, 5) is 16.7. The Balaban J connectivity index is 2.52. The molecule has 1 aliphatic heterocycles. The smallest absolute Gasteiger partial charge is 0.324 e. The van der Waals surface area contributed by atoms with Crippen LogP contribution in [0.3, 0.4) is 0 Å². The van der Waals surface area contributed by atoms with E-state index in [1.54, 1.807) is 0 Å². The minimum atomic E-state index is -3.79. The van der Waals surface area contributed by atoms with Crippen molar-refractivity contribution in [2.45, 2.75) is 4.99 Å². The molecule has 0 amide bonds. The molecule has 7 heteroatoms. The summed E-state index contributed by atoms with van der Waals surface area (Å²) in [7, 11) is 0.420. The first-order chi connectivity index (χ1) is 4.11. The van der Waals surface area contributed by atoms with Gasteiger partial charge in [-0.15, -0.1) is 0 Å². The van der Waals surface area contributed by atoms with Crippen LogP contribution >= 0.6 is 39.0 Å². The minimum Gasteiger partial charge on any atom is -0.324 e. The van der Waals surface area contributed by atoms with Crippen LogP contribution in [0.1, 0.15) is 0 Å². The van der Waals surface area contributed by atoms with Gasteiger partial charge in [0.2, 0.25) is 0 Å². The molecule has 9 heavy (non-hydrogen) atoms. The fourth-order valence-electron chi connectivity index (χ4n) is 0.340. The Kier molecular flexibility index (Phi) is 2.83. The summed E-state index contributed by atoms with van der Waals surface area (Å²) in [6, 6.07) is 0. The molecule has 3 nitrogen and oxygen atoms in total. The van der Waals surface area contributed by atoms with Crippen molar-refractivity contribution in [2.24, 2.45) is 0 Å². The van der Waals surface area contributed by atoms with Gasteiger partial charge >= 0.3 is 7.60 Å². The fourth-order valence-corrected chi connectivity index (χ4v) is 8.38. The van der Waals surface area contributed by atoms with Crippen LogP contribution in [0.4, 0.5) is 0 Å². The van der Waals surface area contributed by atoms with Crippen molar-refractivity contribution < 1.29 is 14.4 Å². The minimum absolute atomic E-state index is 0.479. The summed E-state index contributed by atoms with van der Waals surface area (Å²) in [5, 5.41) is 0. The Morgan fingerprint density at radius 1 is 1.56 bits per heavy atom. The van der Waals surface area contributed by atoms with E-state index in [0.717, 1.165) is 0 Å². The van der Waals surface area contributed by atoms with E-state index in [4.69, 9.17) is 9.79 Å². The van der Waals surface area contributed by atoms with E-state index in [-0.39, 0.29) is 0 Å². The van der Waals surface area contributed by atoms with E-state index in [0.29, 0.717) is 5.75 Å². The molecule has 54 valence electrons. The van der Waals surface area contributed by atoms with Crippen LogP contribution in [-0.2, 0) is 4.57 Å². The average Bonchev–Trinajstić information content (AvgIpc) is 2.08. The number of hydrogen-bond donors (Lipinski definition) is 2. The monoisotopic (exact) mass is 204 g/mol. The van der Waals surface area contributed by atoms with Gasteiger partial charge in [-0.2, -0.15) is 0 Å². The first kappa shape index (κ1) is 8.30. The van der Waals surface area contributed by atoms with Gasteiger partial charge in [-0.05, 0) is 9.83 Å². The quantitative estimate of drug-likeness (QED) is 0.499. The number of hydrogen-bond acceptors (Lipinski definition) is 4. The zero-order valence-electron chi connectivity index (χ0n) is 4.26. The second-order valence-electron chi connectivity index (χ2n) is 1.49. The normalized spacial score (nSPS) is 28.9. The molecule has 2 N–H and O–H groups in total. The van der Waals surface area contributed by atoms with E-state index < -0.39 is 12.6 Å². The number of rotatable bonds is 1. The molecule has 0 saturated carbocycles. The van der Waals surface area contributed by atoms with Gasteiger partial charge in [-0.1, -0.05) is 21.6 Å². The molecule has 1 fully saturated rings. The van der Waals surface area contributed by atoms with Crippen molar-refractivity contribution in [2.75, 3.05) is 5.75 Å². The third kappa shape index (κ3) is 2.37. The molecule has 1 saturated heterocycles. The Labute approximate surface area is 64.3 Å². The highest BCUT2D eigenvalue weighted by molar-refractivity contribution is 9.11. The molecular weight excluding hydrogens is 199 g/mol. The molecule has 0 spiro atoms. The molecule has 0 radical (unpaired) electrons. The van der Waals surface area contributed by atoms with Gasteiger partial charge in [0.05, 0.1) is 0 Å². The van der Waals surface area contributed by atoms with Gasteiger partial charge in [0, 0.05) is 5.75 Å². The zero-order chi connectivity index (χ0) is 6.91. The van der Waals surface area contributed by atoms with Crippen molar-refractivity contribution >= 4 is 39.0 Å². The van der Waals surface area contributed by atoms with E-state index in [1.165, 1.54) is 31.4 Å². The maximum absolute atomic E-state index is 10.5. The van der Waals surface area contributed by atoms with Crippen LogP contribution < -0.4 is 0 Å². The van der Waals surface area contributed by atoms with Crippen LogP contribution in [0.15, 0.2) is 0 Å². The van der Waals surface area contributed by atoms with E-state index in [1.807, 2.05) is 0 Å². The molecule has 0 aromatic carbocycles. The molecule has 0 aliphatic carbocycles.